The molecular weight excluding hydrogens is 901 g/mol. The third-order valence-corrected chi connectivity index (χ3v) is 15.9. The second-order valence-electron chi connectivity index (χ2n) is 18.6. The van der Waals surface area contributed by atoms with E-state index in [1.807, 2.05) is 22.7 Å². The quantitative estimate of drug-likeness (QED) is 0.137. The second-order valence-corrected chi connectivity index (χ2v) is 20.7. The van der Waals surface area contributed by atoms with Crippen molar-refractivity contribution in [3.8, 4) is 56.6 Å². The number of nitrogens with zero attached hydrogens (tertiary/aromatic N) is 2. The van der Waals surface area contributed by atoms with Gasteiger partial charge in [-0.3, -0.25) is 0 Å². The summed E-state index contributed by atoms with van der Waals surface area (Å²) in [5.41, 5.74) is 11.3. The van der Waals surface area contributed by atoms with Crippen LogP contribution in [0.1, 0.15) is 27.7 Å². The van der Waals surface area contributed by atoms with E-state index >= 15 is 0 Å². The second kappa shape index (κ2) is 16.4. The van der Waals surface area contributed by atoms with E-state index in [0.29, 0.717) is 0 Å². The molecule has 0 saturated carbocycles. The minimum Gasteiger partial charge on any atom is -0.497 e. The Kier molecular flexibility index (Phi) is 9.94. The lowest BCUT2D eigenvalue weighted by molar-refractivity contribution is 0.242. The predicted molar refractivity (Wildman–Crippen MR) is 296 cm³/mol. The van der Waals surface area contributed by atoms with Gasteiger partial charge in [0.25, 0.3) is 0 Å². The van der Waals surface area contributed by atoms with E-state index in [-0.39, 0.29) is 12.2 Å². The standard InChI is InChI=1S/C62H48N2O4S2/c1-35(2)67-41-22-26-51-47(33-41)59-43(45-16-10-20-57-61(45)49-31-39(65-5)24-28-55(49)69-57)14-8-18-53(59)63(51)37-12-7-13-38(30-37)64-52-27-23-42(68-36(3)4)34-48(52)60-44(15-9-19-54(60)64)46-17-11-21-58-62(46)50-32-40(66-6)25-29-56(50)70-58/h7-36H,1-6H3. The molecule has 0 radical (unpaired) electrons. The normalized spacial score (nSPS) is 12.1. The lowest BCUT2D eigenvalue weighted by Crippen LogP contribution is -2.05. The minimum absolute atomic E-state index is 0.0311. The highest BCUT2D eigenvalue weighted by Crippen LogP contribution is 2.48. The third kappa shape index (κ3) is 6.65. The third-order valence-electron chi connectivity index (χ3n) is 13.6. The van der Waals surface area contributed by atoms with Crippen molar-refractivity contribution in [1.29, 1.82) is 0 Å². The van der Waals surface area contributed by atoms with E-state index in [0.717, 1.165) is 67.2 Å². The molecule has 0 bridgehead atoms. The Morgan fingerprint density at radius 2 is 0.729 bits per heavy atom. The van der Waals surface area contributed by atoms with Gasteiger partial charge >= 0.3 is 0 Å². The zero-order chi connectivity index (χ0) is 47.4. The van der Waals surface area contributed by atoms with Gasteiger partial charge < -0.3 is 28.1 Å². The summed E-state index contributed by atoms with van der Waals surface area (Å²) in [4.78, 5) is 0. The molecule has 0 spiro atoms. The molecule has 70 heavy (non-hydrogen) atoms. The molecule has 9 aromatic carbocycles. The molecule has 0 N–H and O–H groups in total. The van der Waals surface area contributed by atoms with Gasteiger partial charge in [-0.15, -0.1) is 22.7 Å². The van der Waals surface area contributed by atoms with Crippen LogP contribution in [0.15, 0.2) is 170 Å². The Labute approximate surface area is 413 Å². The maximum absolute atomic E-state index is 6.41. The summed E-state index contributed by atoms with van der Waals surface area (Å²) in [5, 5.41) is 9.50. The molecule has 0 atom stereocenters. The first-order chi connectivity index (χ1) is 34.2. The highest BCUT2D eigenvalue weighted by molar-refractivity contribution is 7.26. The van der Waals surface area contributed by atoms with Gasteiger partial charge in [0.2, 0.25) is 0 Å². The summed E-state index contributed by atoms with van der Waals surface area (Å²) in [7, 11) is 3.47. The van der Waals surface area contributed by atoms with Crippen LogP contribution in [0, 0.1) is 0 Å². The average molecular weight is 949 g/mol. The predicted octanol–water partition coefficient (Wildman–Crippen LogP) is 17.5. The van der Waals surface area contributed by atoms with Crippen molar-refractivity contribution in [1.82, 2.24) is 9.13 Å². The molecule has 0 aliphatic heterocycles. The molecule has 0 aliphatic carbocycles. The van der Waals surface area contributed by atoms with Crippen molar-refractivity contribution >= 4 is 107 Å². The van der Waals surface area contributed by atoms with Crippen LogP contribution in [0.2, 0.25) is 0 Å². The monoisotopic (exact) mass is 948 g/mol. The number of ether oxygens (including phenoxy) is 4. The lowest BCUT2D eigenvalue weighted by atomic mass is 9.95. The fourth-order valence-corrected chi connectivity index (χ4v) is 13.1. The number of benzene rings is 9. The van der Waals surface area contributed by atoms with Crippen molar-refractivity contribution in [3.05, 3.63) is 170 Å². The average Bonchev–Trinajstić information content (AvgIpc) is 4.13. The zero-order valence-corrected chi connectivity index (χ0v) is 41.3. The van der Waals surface area contributed by atoms with E-state index in [1.165, 1.54) is 73.4 Å². The van der Waals surface area contributed by atoms with E-state index in [1.54, 1.807) is 14.2 Å². The van der Waals surface area contributed by atoms with Crippen LogP contribution in [0.4, 0.5) is 0 Å². The highest BCUT2D eigenvalue weighted by Gasteiger charge is 2.23. The van der Waals surface area contributed by atoms with Crippen molar-refractivity contribution in [3.63, 3.8) is 0 Å². The number of rotatable bonds is 10. The van der Waals surface area contributed by atoms with Gasteiger partial charge in [0.1, 0.15) is 23.0 Å². The fraction of sp³-hybridized carbons (Fsp3) is 0.129. The van der Waals surface area contributed by atoms with Crippen LogP contribution in [0.5, 0.6) is 23.0 Å². The fourth-order valence-electron chi connectivity index (χ4n) is 10.9. The van der Waals surface area contributed by atoms with Crippen LogP contribution in [-0.2, 0) is 0 Å². The summed E-state index contributed by atoms with van der Waals surface area (Å²) >= 11 is 3.64. The van der Waals surface area contributed by atoms with E-state index < -0.39 is 0 Å². The summed E-state index contributed by atoms with van der Waals surface area (Å²) in [6, 6.07) is 61.8. The summed E-state index contributed by atoms with van der Waals surface area (Å²) in [6.45, 7) is 8.33. The van der Waals surface area contributed by atoms with Gasteiger partial charge in [-0.1, -0.05) is 54.6 Å². The van der Waals surface area contributed by atoms with Crippen molar-refractivity contribution in [2.24, 2.45) is 0 Å². The SMILES string of the molecule is COc1ccc2sc3cccc(-c4cccc5c4c4cc(OC(C)C)ccc4n5-c4cccc(-n5c6ccc(OC(C)C)cc6c6c(-c7cccc8sc9ccc(OC)cc9c78)cccc65)c4)c3c2c1. The van der Waals surface area contributed by atoms with Crippen LogP contribution in [-0.4, -0.2) is 35.6 Å². The number of fused-ring (bicyclic) bond motifs is 12. The summed E-state index contributed by atoms with van der Waals surface area (Å²) in [6.07, 6.45) is 0.0623. The smallest absolute Gasteiger partial charge is 0.120 e. The molecule has 0 fully saturated rings. The van der Waals surface area contributed by atoms with Crippen molar-refractivity contribution in [2.75, 3.05) is 14.2 Å². The summed E-state index contributed by atoms with van der Waals surface area (Å²) < 4.78 is 34.1. The Bertz CT molecular complexity index is 3980. The van der Waals surface area contributed by atoms with Gasteiger partial charge in [0.15, 0.2) is 0 Å². The highest BCUT2D eigenvalue weighted by atomic mass is 32.1. The number of aromatic nitrogens is 2. The van der Waals surface area contributed by atoms with E-state index in [4.69, 9.17) is 18.9 Å². The molecule has 8 heteroatoms. The lowest BCUT2D eigenvalue weighted by Gasteiger charge is -2.14. The zero-order valence-electron chi connectivity index (χ0n) is 39.7. The molecule has 342 valence electrons. The first kappa shape index (κ1) is 42.3. The first-order valence-corrected chi connectivity index (χ1v) is 25.5. The molecule has 6 nitrogen and oxygen atoms in total. The molecule has 13 aromatic rings. The molecule has 4 heterocycles. The molecular formula is C62H48N2O4S2. The Morgan fingerprint density at radius 3 is 1.16 bits per heavy atom. The number of hydrogen-bond donors (Lipinski definition) is 0. The Hall–Kier alpha value is -7.78. The molecule has 0 aliphatic rings. The van der Waals surface area contributed by atoms with E-state index in [9.17, 15) is 0 Å². The van der Waals surface area contributed by atoms with Gasteiger partial charge in [-0.25, -0.2) is 0 Å². The Balaban J connectivity index is 1.06. The number of thiophene rings is 2. The van der Waals surface area contributed by atoms with Crippen LogP contribution in [0.3, 0.4) is 0 Å². The van der Waals surface area contributed by atoms with Gasteiger partial charge in [0, 0.05) is 73.3 Å². The number of methoxy groups -OCH3 is 2. The largest absolute Gasteiger partial charge is 0.497 e. The topological polar surface area (TPSA) is 46.8 Å². The first-order valence-electron chi connectivity index (χ1n) is 23.8. The van der Waals surface area contributed by atoms with Crippen LogP contribution in [0.25, 0.3) is 118 Å². The molecule has 0 unspecified atom stereocenters. The molecule has 4 aromatic heterocycles. The van der Waals surface area contributed by atoms with Crippen LogP contribution < -0.4 is 18.9 Å². The summed E-state index contributed by atoms with van der Waals surface area (Å²) in [5.74, 6) is 3.40. The van der Waals surface area contributed by atoms with Gasteiger partial charge in [-0.2, -0.15) is 0 Å². The maximum atomic E-state index is 6.41. The van der Waals surface area contributed by atoms with Crippen LogP contribution >= 0.6 is 22.7 Å². The van der Waals surface area contributed by atoms with Crippen molar-refractivity contribution < 1.29 is 18.9 Å². The number of hydrogen-bond acceptors (Lipinski definition) is 6. The van der Waals surface area contributed by atoms with E-state index in [2.05, 4.69) is 207 Å². The van der Waals surface area contributed by atoms with Crippen molar-refractivity contribution in [2.45, 2.75) is 39.9 Å². The van der Waals surface area contributed by atoms with Gasteiger partial charge in [-0.05, 0) is 165 Å². The van der Waals surface area contributed by atoms with Gasteiger partial charge in [0.05, 0.1) is 48.5 Å². The molecule has 0 amide bonds. The minimum atomic E-state index is 0.0311. The molecule has 0 saturated heterocycles. The maximum Gasteiger partial charge on any atom is 0.120 e. The Morgan fingerprint density at radius 1 is 0.343 bits per heavy atom. The molecule has 13 rings (SSSR count).